The summed E-state index contributed by atoms with van der Waals surface area (Å²) in [6.07, 6.45) is 0. The molecule has 0 saturated heterocycles. The largest absolute Gasteiger partial charge is 0.494 e. The Morgan fingerprint density at radius 2 is 2.07 bits per heavy atom. The van der Waals surface area contributed by atoms with Crippen molar-refractivity contribution in [3.63, 3.8) is 0 Å². The van der Waals surface area contributed by atoms with Crippen molar-refractivity contribution in [3.8, 4) is 5.75 Å². The Labute approximate surface area is 98.5 Å². The highest BCUT2D eigenvalue weighted by Gasteiger charge is 2.15. The molecule has 0 aliphatic heterocycles. The third-order valence-corrected chi connectivity index (χ3v) is 2.52. The van der Waals surface area contributed by atoms with Gasteiger partial charge >= 0.3 is 5.37 Å². The van der Waals surface area contributed by atoms with Crippen LogP contribution in [0.3, 0.4) is 0 Å². The molecular formula is C10H11Cl2NO2. The maximum atomic E-state index is 11.0. The van der Waals surface area contributed by atoms with Gasteiger partial charge in [-0.25, -0.2) is 0 Å². The van der Waals surface area contributed by atoms with Crippen LogP contribution < -0.4 is 9.64 Å². The number of methoxy groups -OCH3 is 1. The van der Waals surface area contributed by atoms with Gasteiger partial charge in [-0.2, -0.15) is 0 Å². The summed E-state index contributed by atoms with van der Waals surface area (Å²) in [5.41, 5.74) is 1.41. The van der Waals surface area contributed by atoms with Gasteiger partial charge in [0.1, 0.15) is 5.75 Å². The van der Waals surface area contributed by atoms with Gasteiger partial charge in [0.15, 0.2) is 0 Å². The van der Waals surface area contributed by atoms with Gasteiger partial charge in [0.25, 0.3) is 0 Å². The van der Waals surface area contributed by atoms with Crippen molar-refractivity contribution in [1.82, 2.24) is 0 Å². The molecule has 0 radical (unpaired) electrons. The lowest BCUT2D eigenvalue weighted by Gasteiger charge is -2.18. The minimum Gasteiger partial charge on any atom is -0.494 e. The minimum absolute atomic E-state index is 0.535. The van der Waals surface area contributed by atoms with E-state index in [1.807, 2.05) is 6.92 Å². The number of carbonyl (C=O) groups is 1. The topological polar surface area (TPSA) is 29.5 Å². The Hall–Kier alpha value is -0.930. The van der Waals surface area contributed by atoms with E-state index in [4.69, 9.17) is 27.9 Å². The van der Waals surface area contributed by atoms with Crippen LogP contribution in [-0.4, -0.2) is 19.5 Å². The molecule has 5 heteroatoms. The number of benzene rings is 1. The Morgan fingerprint density at radius 3 is 2.53 bits per heavy atom. The first-order valence-electron chi connectivity index (χ1n) is 4.24. The smallest absolute Gasteiger partial charge is 0.320 e. The third kappa shape index (κ3) is 2.55. The van der Waals surface area contributed by atoms with Crippen molar-refractivity contribution < 1.29 is 9.53 Å². The Bertz CT molecular complexity index is 393. The highest BCUT2D eigenvalue weighted by molar-refractivity contribution is 6.66. The molecule has 0 aliphatic carbocycles. The molecule has 3 nitrogen and oxygen atoms in total. The van der Waals surface area contributed by atoms with E-state index >= 15 is 0 Å². The van der Waals surface area contributed by atoms with E-state index in [-0.39, 0.29) is 0 Å². The molecule has 0 bridgehead atoms. The van der Waals surface area contributed by atoms with Crippen LogP contribution in [0.1, 0.15) is 5.56 Å². The third-order valence-electron chi connectivity index (χ3n) is 2.05. The van der Waals surface area contributed by atoms with Crippen LogP contribution in [0.2, 0.25) is 5.02 Å². The molecular weight excluding hydrogens is 237 g/mol. The summed E-state index contributed by atoms with van der Waals surface area (Å²) >= 11 is 11.3. The van der Waals surface area contributed by atoms with E-state index in [0.717, 1.165) is 5.56 Å². The first kappa shape index (κ1) is 12.1. The van der Waals surface area contributed by atoms with Crippen molar-refractivity contribution in [2.45, 2.75) is 6.92 Å². The monoisotopic (exact) mass is 247 g/mol. The molecule has 1 rings (SSSR count). The summed E-state index contributed by atoms with van der Waals surface area (Å²) in [5, 5.41) is -0.0527. The first-order valence-corrected chi connectivity index (χ1v) is 5.00. The maximum absolute atomic E-state index is 11.0. The number of ether oxygens (including phenoxy) is 1. The van der Waals surface area contributed by atoms with Crippen molar-refractivity contribution in [3.05, 3.63) is 22.7 Å². The van der Waals surface area contributed by atoms with E-state index in [2.05, 4.69) is 0 Å². The van der Waals surface area contributed by atoms with Crippen LogP contribution >= 0.6 is 23.2 Å². The van der Waals surface area contributed by atoms with Gasteiger partial charge in [-0.1, -0.05) is 11.6 Å². The zero-order valence-corrected chi connectivity index (χ0v) is 10.2. The van der Waals surface area contributed by atoms with Crippen molar-refractivity contribution >= 4 is 34.3 Å². The fraction of sp³-hybridized carbons (Fsp3) is 0.300. The summed E-state index contributed by atoms with van der Waals surface area (Å²) in [5.74, 6) is 0.593. The van der Waals surface area contributed by atoms with Gasteiger partial charge in [-0.05, 0) is 36.2 Å². The predicted molar refractivity (Wildman–Crippen MR) is 62.4 cm³/mol. The number of rotatable bonds is 2. The molecule has 15 heavy (non-hydrogen) atoms. The molecule has 0 aliphatic rings. The zero-order valence-electron chi connectivity index (χ0n) is 8.67. The number of amides is 1. The standard InChI is InChI=1S/C10H11Cl2NO2/c1-6-4-7(11)5-8(9(6)15-3)13(2)10(12)14/h4-5H,1-3H3. The number of hydrogen-bond donors (Lipinski definition) is 0. The number of aryl methyl sites for hydroxylation is 1. The molecule has 0 saturated carbocycles. The number of hydrogen-bond acceptors (Lipinski definition) is 2. The van der Waals surface area contributed by atoms with Gasteiger partial charge in [0.2, 0.25) is 0 Å². The number of nitrogens with zero attached hydrogens (tertiary/aromatic N) is 1. The molecule has 0 heterocycles. The lowest BCUT2D eigenvalue weighted by molar-refractivity contribution is 0.265. The second-order valence-corrected chi connectivity index (χ2v) is 3.85. The SMILES string of the molecule is COc1c(C)cc(Cl)cc1N(C)C(=O)Cl. The van der Waals surface area contributed by atoms with Crippen LogP contribution in [0.15, 0.2) is 12.1 Å². The molecule has 1 amide bonds. The van der Waals surface area contributed by atoms with E-state index in [1.54, 1.807) is 19.2 Å². The molecule has 0 fully saturated rings. The molecule has 0 spiro atoms. The van der Waals surface area contributed by atoms with Gasteiger partial charge < -0.3 is 4.74 Å². The maximum Gasteiger partial charge on any atom is 0.320 e. The average Bonchev–Trinajstić information content (AvgIpc) is 2.15. The highest BCUT2D eigenvalue weighted by Crippen LogP contribution is 2.34. The van der Waals surface area contributed by atoms with Gasteiger partial charge in [0, 0.05) is 12.1 Å². The number of carbonyl (C=O) groups excluding carboxylic acids is 1. The predicted octanol–water partition coefficient (Wildman–Crippen LogP) is 3.45. The van der Waals surface area contributed by atoms with Gasteiger partial charge in [0.05, 0.1) is 12.8 Å². The van der Waals surface area contributed by atoms with Crippen LogP contribution in [0.5, 0.6) is 5.75 Å². The van der Waals surface area contributed by atoms with Crippen LogP contribution in [0.4, 0.5) is 10.5 Å². The molecule has 0 unspecified atom stereocenters. The second kappa shape index (κ2) is 4.73. The molecule has 0 N–H and O–H groups in total. The fourth-order valence-electron chi connectivity index (χ4n) is 1.32. The zero-order chi connectivity index (χ0) is 11.6. The molecule has 0 atom stereocenters. The minimum atomic E-state index is -0.588. The van der Waals surface area contributed by atoms with Crippen LogP contribution in [-0.2, 0) is 0 Å². The van der Waals surface area contributed by atoms with Gasteiger partial charge in [-0.15, -0.1) is 0 Å². The lowest BCUT2D eigenvalue weighted by atomic mass is 10.2. The number of anilines is 1. The number of halogens is 2. The Balaban J connectivity index is 3.32. The summed E-state index contributed by atoms with van der Waals surface area (Å²) < 4.78 is 5.19. The highest BCUT2D eigenvalue weighted by atomic mass is 35.5. The Morgan fingerprint density at radius 1 is 1.47 bits per heavy atom. The van der Waals surface area contributed by atoms with Crippen molar-refractivity contribution in [1.29, 1.82) is 0 Å². The fourth-order valence-corrected chi connectivity index (χ4v) is 1.68. The summed E-state index contributed by atoms with van der Waals surface area (Å²) in [6, 6.07) is 3.39. The molecule has 82 valence electrons. The second-order valence-electron chi connectivity index (χ2n) is 3.09. The quantitative estimate of drug-likeness (QED) is 0.592. The Kier molecular flexibility index (Phi) is 3.83. The van der Waals surface area contributed by atoms with Crippen LogP contribution in [0, 0.1) is 6.92 Å². The molecule has 1 aromatic rings. The summed E-state index contributed by atoms with van der Waals surface area (Å²) in [7, 11) is 3.09. The summed E-state index contributed by atoms with van der Waals surface area (Å²) in [4.78, 5) is 12.3. The van der Waals surface area contributed by atoms with E-state index in [0.29, 0.717) is 16.5 Å². The van der Waals surface area contributed by atoms with Crippen molar-refractivity contribution in [2.24, 2.45) is 0 Å². The molecule has 0 aromatic heterocycles. The van der Waals surface area contributed by atoms with Crippen LogP contribution in [0.25, 0.3) is 0 Å². The van der Waals surface area contributed by atoms with Gasteiger partial charge in [-0.3, -0.25) is 9.69 Å². The van der Waals surface area contributed by atoms with E-state index in [9.17, 15) is 4.79 Å². The normalized spacial score (nSPS) is 9.93. The van der Waals surface area contributed by atoms with E-state index in [1.165, 1.54) is 12.0 Å². The summed E-state index contributed by atoms with van der Waals surface area (Å²) in [6.45, 7) is 1.85. The van der Waals surface area contributed by atoms with E-state index < -0.39 is 5.37 Å². The van der Waals surface area contributed by atoms with Crippen molar-refractivity contribution in [2.75, 3.05) is 19.1 Å². The average molecular weight is 248 g/mol. The lowest BCUT2D eigenvalue weighted by Crippen LogP contribution is -2.20. The first-order chi connectivity index (χ1) is 6.97. The molecule has 1 aromatic carbocycles.